The third kappa shape index (κ3) is 2.66. The maximum absolute atomic E-state index is 6.31. The van der Waals surface area contributed by atoms with Gasteiger partial charge in [-0.2, -0.15) is 0 Å². The molecule has 5 heteroatoms. The molecule has 0 bridgehead atoms. The molecule has 0 saturated heterocycles. The van der Waals surface area contributed by atoms with Crippen LogP contribution in [0.5, 0.6) is 0 Å². The van der Waals surface area contributed by atoms with Gasteiger partial charge in [0.1, 0.15) is 5.15 Å². The Morgan fingerprint density at radius 1 is 1.00 bits per heavy atom. The number of fused-ring (bicyclic) bond motifs is 1. The normalized spacial score (nSPS) is 11.1. The fourth-order valence-corrected chi connectivity index (χ4v) is 3.06. The third-order valence-electron chi connectivity index (χ3n) is 3.37. The molecule has 0 fully saturated rings. The highest BCUT2D eigenvalue weighted by atomic mass is 79.9. The van der Waals surface area contributed by atoms with Crippen molar-refractivity contribution in [2.45, 2.75) is 13.8 Å². The summed E-state index contributed by atoms with van der Waals surface area (Å²) < 4.78 is 0.991. The predicted octanol–water partition coefficient (Wildman–Crippen LogP) is 5.98. The Kier molecular flexibility index (Phi) is 3.91. The van der Waals surface area contributed by atoms with E-state index in [2.05, 4.69) is 25.9 Å². The Balaban J connectivity index is 2.31. The van der Waals surface area contributed by atoms with E-state index in [0.29, 0.717) is 16.0 Å². The summed E-state index contributed by atoms with van der Waals surface area (Å²) in [6.45, 7) is 3.99. The van der Waals surface area contributed by atoms with E-state index >= 15 is 0 Å². The van der Waals surface area contributed by atoms with Crippen molar-refractivity contribution in [1.29, 1.82) is 0 Å². The maximum atomic E-state index is 6.31. The van der Waals surface area contributed by atoms with Crippen LogP contribution in [0.4, 0.5) is 0 Å². The van der Waals surface area contributed by atoms with Crippen molar-refractivity contribution >= 4 is 50.0 Å². The van der Waals surface area contributed by atoms with Gasteiger partial charge in [0.15, 0.2) is 5.82 Å². The number of rotatable bonds is 1. The van der Waals surface area contributed by atoms with Crippen LogP contribution in [-0.2, 0) is 0 Å². The molecule has 0 aliphatic carbocycles. The second kappa shape index (κ2) is 5.56. The third-order valence-corrected chi connectivity index (χ3v) is 4.83. The molecule has 0 atom stereocenters. The number of benzene rings is 2. The summed E-state index contributed by atoms with van der Waals surface area (Å²) in [6, 6.07) is 9.66. The van der Waals surface area contributed by atoms with Crippen LogP contribution >= 0.6 is 39.1 Å². The molecule has 21 heavy (non-hydrogen) atoms. The largest absolute Gasteiger partial charge is 0.228 e. The molecule has 1 aromatic heterocycles. The first-order valence-corrected chi connectivity index (χ1v) is 7.91. The smallest absolute Gasteiger partial charge is 0.163 e. The fraction of sp³-hybridized carbons (Fsp3) is 0.125. The SMILES string of the molecule is Cc1ccc(-c2nc(Cl)c3ccc(Br)c(C)c3n2)c(Cl)c1. The van der Waals surface area contributed by atoms with Crippen LogP contribution in [0.1, 0.15) is 11.1 Å². The van der Waals surface area contributed by atoms with Crippen LogP contribution in [0.2, 0.25) is 10.2 Å². The summed E-state index contributed by atoms with van der Waals surface area (Å²) in [5, 5.41) is 1.89. The number of halogens is 3. The van der Waals surface area contributed by atoms with Gasteiger partial charge in [-0.1, -0.05) is 45.2 Å². The molecule has 0 unspecified atom stereocenters. The van der Waals surface area contributed by atoms with Crippen LogP contribution in [0.15, 0.2) is 34.8 Å². The van der Waals surface area contributed by atoms with Gasteiger partial charge in [-0.3, -0.25) is 0 Å². The minimum Gasteiger partial charge on any atom is -0.228 e. The minimum absolute atomic E-state index is 0.433. The van der Waals surface area contributed by atoms with E-state index in [0.717, 1.165) is 32.1 Å². The highest BCUT2D eigenvalue weighted by Crippen LogP contribution is 2.32. The van der Waals surface area contributed by atoms with Crippen LogP contribution < -0.4 is 0 Å². The van der Waals surface area contributed by atoms with Crippen molar-refractivity contribution in [2.75, 3.05) is 0 Å². The number of hydrogen-bond donors (Lipinski definition) is 0. The first-order valence-electron chi connectivity index (χ1n) is 6.36. The quantitative estimate of drug-likeness (QED) is 0.484. The maximum Gasteiger partial charge on any atom is 0.163 e. The summed E-state index contributed by atoms with van der Waals surface area (Å²) in [4.78, 5) is 9.03. The highest BCUT2D eigenvalue weighted by Gasteiger charge is 2.13. The molecule has 3 rings (SSSR count). The summed E-state index contributed by atoms with van der Waals surface area (Å²) in [5.74, 6) is 0.540. The molecule has 106 valence electrons. The minimum atomic E-state index is 0.433. The Morgan fingerprint density at radius 3 is 2.48 bits per heavy atom. The number of aryl methyl sites for hydroxylation is 2. The van der Waals surface area contributed by atoms with E-state index in [9.17, 15) is 0 Å². The zero-order valence-corrected chi connectivity index (χ0v) is 14.5. The molecule has 0 amide bonds. The van der Waals surface area contributed by atoms with E-state index in [4.69, 9.17) is 23.2 Å². The van der Waals surface area contributed by atoms with E-state index in [1.165, 1.54) is 0 Å². The van der Waals surface area contributed by atoms with Gasteiger partial charge in [0.05, 0.1) is 10.5 Å². The van der Waals surface area contributed by atoms with Crippen molar-refractivity contribution in [3.05, 3.63) is 56.1 Å². The van der Waals surface area contributed by atoms with Gasteiger partial charge >= 0.3 is 0 Å². The topological polar surface area (TPSA) is 25.8 Å². The van der Waals surface area contributed by atoms with Crippen LogP contribution in [0, 0.1) is 13.8 Å². The molecule has 0 saturated carbocycles. The Hall–Kier alpha value is -1.16. The molecular weight excluding hydrogens is 371 g/mol. The average Bonchev–Trinajstić information content (AvgIpc) is 2.43. The van der Waals surface area contributed by atoms with Gasteiger partial charge in [-0.15, -0.1) is 0 Å². The van der Waals surface area contributed by atoms with Gasteiger partial charge in [0, 0.05) is 15.4 Å². The Labute approximate surface area is 141 Å². The summed E-state index contributed by atoms with van der Waals surface area (Å²) in [6.07, 6.45) is 0. The van der Waals surface area contributed by atoms with Gasteiger partial charge in [-0.25, -0.2) is 9.97 Å². The van der Waals surface area contributed by atoms with Crippen molar-refractivity contribution in [1.82, 2.24) is 9.97 Å². The van der Waals surface area contributed by atoms with E-state index in [1.807, 2.05) is 44.2 Å². The first kappa shape index (κ1) is 14.8. The van der Waals surface area contributed by atoms with E-state index in [1.54, 1.807) is 0 Å². The van der Waals surface area contributed by atoms with E-state index in [-0.39, 0.29) is 0 Å². The highest BCUT2D eigenvalue weighted by molar-refractivity contribution is 9.10. The lowest BCUT2D eigenvalue weighted by molar-refractivity contribution is 1.21. The lowest BCUT2D eigenvalue weighted by Gasteiger charge is -2.09. The average molecular weight is 382 g/mol. The molecule has 0 spiro atoms. The molecule has 0 radical (unpaired) electrons. The standard InChI is InChI=1S/C16H11BrCl2N2/c1-8-3-4-10(13(18)7-8)16-20-14-9(2)12(17)6-5-11(14)15(19)21-16/h3-7H,1-2H3. The lowest BCUT2D eigenvalue weighted by atomic mass is 10.1. The second-order valence-electron chi connectivity index (χ2n) is 4.89. The van der Waals surface area contributed by atoms with Gasteiger partial charge in [0.25, 0.3) is 0 Å². The molecule has 0 aliphatic heterocycles. The summed E-state index contributed by atoms with van der Waals surface area (Å²) in [7, 11) is 0. The molecule has 0 aliphatic rings. The molecular formula is C16H11BrCl2N2. The zero-order valence-electron chi connectivity index (χ0n) is 11.4. The molecule has 0 N–H and O–H groups in total. The number of hydrogen-bond acceptors (Lipinski definition) is 2. The first-order chi connectivity index (χ1) is 9.97. The van der Waals surface area contributed by atoms with Gasteiger partial charge in [0.2, 0.25) is 0 Å². The van der Waals surface area contributed by atoms with Crippen LogP contribution in [0.3, 0.4) is 0 Å². The number of nitrogens with zero attached hydrogens (tertiary/aromatic N) is 2. The van der Waals surface area contributed by atoms with Crippen molar-refractivity contribution in [3.63, 3.8) is 0 Å². The lowest BCUT2D eigenvalue weighted by Crippen LogP contribution is -1.95. The van der Waals surface area contributed by atoms with Crippen LogP contribution in [-0.4, -0.2) is 9.97 Å². The second-order valence-corrected chi connectivity index (χ2v) is 6.51. The van der Waals surface area contributed by atoms with Crippen molar-refractivity contribution in [2.24, 2.45) is 0 Å². The number of aromatic nitrogens is 2. The van der Waals surface area contributed by atoms with Gasteiger partial charge < -0.3 is 0 Å². The fourth-order valence-electron chi connectivity index (χ4n) is 2.19. The Bertz CT molecular complexity index is 863. The summed E-state index contributed by atoms with van der Waals surface area (Å²) >= 11 is 16.1. The molecule has 2 nitrogen and oxygen atoms in total. The van der Waals surface area contributed by atoms with Crippen molar-refractivity contribution in [3.8, 4) is 11.4 Å². The molecule has 3 aromatic rings. The predicted molar refractivity (Wildman–Crippen MR) is 92.2 cm³/mol. The summed E-state index contributed by atoms with van der Waals surface area (Å²) in [5.41, 5.74) is 3.73. The van der Waals surface area contributed by atoms with Gasteiger partial charge in [-0.05, 0) is 49.2 Å². The van der Waals surface area contributed by atoms with E-state index < -0.39 is 0 Å². The molecule has 1 heterocycles. The molecule has 2 aromatic carbocycles. The van der Waals surface area contributed by atoms with Crippen molar-refractivity contribution < 1.29 is 0 Å². The monoisotopic (exact) mass is 380 g/mol. The Morgan fingerprint density at radius 2 is 1.76 bits per heavy atom. The van der Waals surface area contributed by atoms with Crippen LogP contribution in [0.25, 0.3) is 22.3 Å². The zero-order chi connectivity index (χ0) is 15.1.